The summed E-state index contributed by atoms with van der Waals surface area (Å²) in [6.07, 6.45) is 4.46. The topological polar surface area (TPSA) is 0 Å². The SMILES string of the molecule is CCCCCC(Cl)c1ccc(F)c2ccccc12. The molecule has 0 bridgehead atoms. The Bertz CT molecular complexity index is 521. The van der Waals surface area contributed by atoms with Gasteiger partial charge in [-0.05, 0) is 23.4 Å². The van der Waals surface area contributed by atoms with Crippen LogP contribution in [0.4, 0.5) is 4.39 Å². The molecule has 0 aliphatic rings. The van der Waals surface area contributed by atoms with E-state index in [0.29, 0.717) is 5.39 Å². The molecule has 18 heavy (non-hydrogen) atoms. The summed E-state index contributed by atoms with van der Waals surface area (Å²) in [5.74, 6) is -0.174. The molecule has 0 nitrogen and oxygen atoms in total. The minimum absolute atomic E-state index is 0.0259. The van der Waals surface area contributed by atoms with Crippen molar-refractivity contribution in [2.24, 2.45) is 0 Å². The van der Waals surface area contributed by atoms with Crippen molar-refractivity contribution in [3.05, 3.63) is 47.8 Å². The van der Waals surface area contributed by atoms with Gasteiger partial charge in [0, 0.05) is 5.39 Å². The van der Waals surface area contributed by atoms with Gasteiger partial charge in [0.25, 0.3) is 0 Å². The molecule has 2 rings (SSSR count). The summed E-state index contributed by atoms with van der Waals surface area (Å²) in [5, 5.41) is 1.58. The number of rotatable bonds is 5. The highest BCUT2D eigenvalue weighted by Gasteiger charge is 2.12. The van der Waals surface area contributed by atoms with Gasteiger partial charge in [0.1, 0.15) is 5.82 Å². The van der Waals surface area contributed by atoms with Gasteiger partial charge in [0.05, 0.1) is 5.38 Å². The fourth-order valence-corrected chi connectivity index (χ4v) is 2.63. The fourth-order valence-electron chi connectivity index (χ4n) is 2.29. The summed E-state index contributed by atoms with van der Waals surface area (Å²) in [5.41, 5.74) is 1.05. The molecule has 0 aliphatic carbocycles. The second kappa shape index (κ2) is 6.19. The van der Waals surface area contributed by atoms with Crippen LogP contribution in [0.1, 0.15) is 43.5 Å². The summed E-state index contributed by atoms with van der Waals surface area (Å²) in [7, 11) is 0. The van der Waals surface area contributed by atoms with Crippen LogP contribution in [0.5, 0.6) is 0 Å². The van der Waals surface area contributed by atoms with Crippen molar-refractivity contribution in [1.82, 2.24) is 0 Å². The van der Waals surface area contributed by atoms with Gasteiger partial charge < -0.3 is 0 Å². The highest BCUT2D eigenvalue weighted by atomic mass is 35.5. The standard InChI is InChI=1S/C16H18ClF/c1-2-3-4-9-15(17)13-10-11-16(18)14-8-6-5-7-12(13)14/h5-8,10-11,15H,2-4,9H2,1H3. The number of hydrogen-bond acceptors (Lipinski definition) is 0. The molecule has 0 saturated heterocycles. The molecule has 2 heteroatoms. The van der Waals surface area contributed by atoms with Crippen LogP contribution in [0, 0.1) is 5.82 Å². The second-order valence-electron chi connectivity index (χ2n) is 4.65. The van der Waals surface area contributed by atoms with E-state index >= 15 is 0 Å². The highest BCUT2D eigenvalue weighted by Crippen LogP contribution is 2.33. The third-order valence-corrected chi connectivity index (χ3v) is 3.76. The zero-order valence-electron chi connectivity index (χ0n) is 10.6. The Kier molecular flexibility index (Phi) is 4.60. The van der Waals surface area contributed by atoms with Gasteiger partial charge in [0.15, 0.2) is 0 Å². The number of fused-ring (bicyclic) bond motifs is 1. The predicted molar refractivity (Wildman–Crippen MR) is 76.6 cm³/mol. The van der Waals surface area contributed by atoms with E-state index in [0.717, 1.165) is 23.8 Å². The minimum atomic E-state index is -0.174. The number of halogens is 2. The lowest BCUT2D eigenvalue weighted by Crippen LogP contribution is -1.94. The van der Waals surface area contributed by atoms with Gasteiger partial charge in [-0.1, -0.05) is 56.5 Å². The Hall–Kier alpha value is -1.08. The maximum Gasteiger partial charge on any atom is 0.131 e. The largest absolute Gasteiger partial charge is 0.206 e. The molecule has 0 radical (unpaired) electrons. The van der Waals surface area contributed by atoms with Crippen molar-refractivity contribution in [2.75, 3.05) is 0 Å². The van der Waals surface area contributed by atoms with E-state index in [4.69, 9.17) is 11.6 Å². The summed E-state index contributed by atoms with van der Waals surface area (Å²) in [4.78, 5) is 0. The summed E-state index contributed by atoms with van der Waals surface area (Å²) in [6.45, 7) is 2.18. The van der Waals surface area contributed by atoms with Gasteiger partial charge >= 0.3 is 0 Å². The molecule has 1 atom stereocenters. The van der Waals surface area contributed by atoms with Gasteiger partial charge in [-0.3, -0.25) is 0 Å². The smallest absolute Gasteiger partial charge is 0.131 e. The lowest BCUT2D eigenvalue weighted by Gasteiger charge is -2.13. The minimum Gasteiger partial charge on any atom is -0.206 e. The molecule has 0 spiro atoms. The van der Waals surface area contributed by atoms with Crippen molar-refractivity contribution in [2.45, 2.75) is 38.0 Å². The van der Waals surface area contributed by atoms with Gasteiger partial charge in [0.2, 0.25) is 0 Å². The summed E-state index contributed by atoms with van der Waals surface area (Å²) in [6, 6.07) is 10.9. The molecule has 0 aliphatic heterocycles. The average molecular weight is 265 g/mol. The van der Waals surface area contributed by atoms with Crippen molar-refractivity contribution >= 4 is 22.4 Å². The predicted octanol–water partition coefficient (Wildman–Crippen LogP) is 5.84. The first-order valence-corrected chi connectivity index (χ1v) is 6.99. The molecule has 2 aromatic carbocycles. The van der Waals surface area contributed by atoms with Crippen LogP contribution in [-0.2, 0) is 0 Å². The van der Waals surface area contributed by atoms with Crippen molar-refractivity contribution in [3.8, 4) is 0 Å². The van der Waals surface area contributed by atoms with Gasteiger partial charge in [-0.25, -0.2) is 4.39 Å². The van der Waals surface area contributed by atoms with Crippen molar-refractivity contribution in [3.63, 3.8) is 0 Å². The molecule has 0 N–H and O–H groups in total. The zero-order valence-corrected chi connectivity index (χ0v) is 11.4. The molecule has 1 unspecified atom stereocenters. The molecule has 2 aromatic rings. The molecule has 0 saturated carbocycles. The van der Waals surface area contributed by atoms with Crippen LogP contribution in [0.25, 0.3) is 10.8 Å². The molecule has 0 heterocycles. The molecule has 0 fully saturated rings. The van der Waals surface area contributed by atoms with Crippen LogP contribution in [0.15, 0.2) is 36.4 Å². The molecule has 96 valence electrons. The number of alkyl halides is 1. The van der Waals surface area contributed by atoms with E-state index in [2.05, 4.69) is 6.92 Å². The van der Waals surface area contributed by atoms with E-state index < -0.39 is 0 Å². The Morgan fingerprint density at radius 3 is 2.50 bits per heavy atom. The van der Waals surface area contributed by atoms with Crippen LogP contribution in [0.2, 0.25) is 0 Å². The normalized spacial score (nSPS) is 12.8. The van der Waals surface area contributed by atoms with Crippen molar-refractivity contribution < 1.29 is 4.39 Å². The Morgan fingerprint density at radius 1 is 1.06 bits per heavy atom. The lowest BCUT2D eigenvalue weighted by atomic mass is 9.98. The van der Waals surface area contributed by atoms with Crippen LogP contribution in [0.3, 0.4) is 0 Å². The Labute approximate surface area is 113 Å². The average Bonchev–Trinajstić information content (AvgIpc) is 2.39. The zero-order chi connectivity index (χ0) is 13.0. The van der Waals surface area contributed by atoms with E-state index in [1.54, 1.807) is 0 Å². The Balaban J connectivity index is 2.30. The summed E-state index contributed by atoms with van der Waals surface area (Å²) >= 11 is 6.45. The van der Waals surface area contributed by atoms with E-state index in [-0.39, 0.29) is 11.2 Å². The van der Waals surface area contributed by atoms with Crippen LogP contribution in [-0.4, -0.2) is 0 Å². The molecular formula is C16H18ClF. The van der Waals surface area contributed by atoms with E-state index in [1.807, 2.05) is 30.3 Å². The van der Waals surface area contributed by atoms with Gasteiger partial charge in [-0.2, -0.15) is 0 Å². The quantitative estimate of drug-likeness (QED) is 0.470. The third kappa shape index (κ3) is 2.84. The molecule has 0 amide bonds. The molecular weight excluding hydrogens is 247 g/mol. The summed E-state index contributed by atoms with van der Waals surface area (Å²) < 4.78 is 13.7. The maximum atomic E-state index is 13.7. The first kappa shape index (κ1) is 13.4. The maximum absolute atomic E-state index is 13.7. The van der Waals surface area contributed by atoms with Crippen LogP contribution >= 0.6 is 11.6 Å². The molecule has 0 aromatic heterocycles. The fraction of sp³-hybridized carbons (Fsp3) is 0.375. The monoisotopic (exact) mass is 264 g/mol. The number of unbranched alkanes of at least 4 members (excludes halogenated alkanes) is 2. The van der Waals surface area contributed by atoms with Gasteiger partial charge in [-0.15, -0.1) is 11.6 Å². The van der Waals surface area contributed by atoms with E-state index in [1.165, 1.54) is 18.9 Å². The van der Waals surface area contributed by atoms with E-state index in [9.17, 15) is 4.39 Å². The van der Waals surface area contributed by atoms with Crippen LogP contribution < -0.4 is 0 Å². The van der Waals surface area contributed by atoms with Crippen molar-refractivity contribution in [1.29, 1.82) is 0 Å². The first-order chi connectivity index (χ1) is 8.74. The highest BCUT2D eigenvalue weighted by molar-refractivity contribution is 6.21. The first-order valence-electron chi connectivity index (χ1n) is 6.55. The number of hydrogen-bond donors (Lipinski definition) is 0. The Morgan fingerprint density at radius 2 is 1.78 bits per heavy atom. The second-order valence-corrected chi connectivity index (χ2v) is 5.17. The third-order valence-electron chi connectivity index (χ3n) is 3.30. The number of benzene rings is 2. The lowest BCUT2D eigenvalue weighted by molar-refractivity contribution is 0.636.